The molecule has 4 nitrogen and oxygen atoms in total. The van der Waals surface area contributed by atoms with E-state index in [0.29, 0.717) is 21.7 Å². The third-order valence-electron chi connectivity index (χ3n) is 4.58. The maximum atomic E-state index is 14.0. The minimum absolute atomic E-state index is 0.0304. The highest BCUT2D eigenvalue weighted by atomic mass is 35.5. The molecule has 1 amide bonds. The highest BCUT2D eigenvalue weighted by Crippen LogP contribution is 2.33. The largest absolute Gasteiger partial charge is 0.435 e. The molecule has 0 aliphatic heterocycles. The van der Waals surface area contributed by atoms with Crippen LogP contribution in [0.15, 0.2) is 34.7 Å². The number of benzene rings is 3. The van der Waals surface area contributed by atoms with Crippen LogP contribution in [0.25, 0.3) is 22.6 Å². The van der Waals surface area contributed by atoms with Gasteiger partial charge in [-0.15, -0.1) is 0 Å². The Balaban J connectivity index is 1.74. The lowest BCUT2D eigenvalue weighted by Gasteiger charge is -2.12. The first-order valence-electron chi connectivity index (χ1n) is 8.78. The Bertz CT molecular complexity index is 1390. The molecule has 1 heterocycles. The molecule has 0 unspecified atom stereocenters. The van der Waals surface area contributed by atoms with Crippen molar-refractivity contribution in [3.05, 3.63) is 80.6 Å². The smallest absolute Gasteiger partial charge is 0.261 e. The maximum absolute atomic E-state index is 14.0. The first kappa shape index (κ1) is 22.0. The Kier molecular flexibility index (Phi) is 5.56. The fraction of sp³-hybridized carbons (Fsp3) is 0.0476. The first-order valence-corrected chi connectivity index (χ1v) is 9.53. The van der Waals surface area contributed by atoms with E-state index >= 15 is 0 Å². The van der Waals surface area contributed by atoms with Gasteiger partial charge in [0.25, 0.3) is 5.91 Å². The fourth-order valence-electron chi connectivity index (χ4n) is 2.96. The van der Waals surface area contributed by atoms with Crippen molar-refractivity contribution in [3.8, 4) is 11.5 Å². The molecule has 164 valence electrons. The number of oxazole rings is 1. The predicted molar refractivity (Wildman–Crippen MR) is 108 cm³/mol. The Morgan fingerprint density at radius 3 is 2.22 bits per heavy atom. The summed E-state index contributed by atoms with van der Waals surface area (Å²) in [6, 6.07) is 7.47. The minimum Gasteiger partial charge on any atom is -0.435 e. The molecule has 3 aromatic carbocycles. The molecule has 0 aliphatic carbocycles. The second-order valence-corrected chi connectivity index (χ2v) is 7.53. The van der Waals surface area contributed by atoms with Gasteiger partial charge in [0.15, 0.2) is 28.9 Å². The zero-order valence-corrected chi connectivity index (χ0v) is 17.3. The molecule has 0 atom stereocenters. The number of fused-ring (bicyclic) bond motifs is 1. The van der Waals surface area contributed by atoms with Gasteiger partial charge in [-0.25, -0.2) is 26.9 Å². The van der Waals surface area contributed by atoms with Crippen molar-refractivity contribution in [2.45, 2.75) is 6.92 Å². The van der Waals surface area contributed by atoms with E-state index in [1.165, 1.54) is 24.3 Å². The van der Waals surface area contributed by atoms with E-state index in [1.54, 1.807) is 13.0 Å². The third kappa shape index (κ3) is 3.67. The summed E-state index contributed by atoms with van der Waals surface area (Å²) < 4.78 is 73.7. The molecule has 0 fully saturated rings. The summed E-state index contributed by atoms with van der Waals surface area (Å²) in [6.07, 6.45) is 0. The molecule has 1 N–H and O–H groups in total. The van der Waals surface area contributed by atoms with Gasteiger partial charge >= 0.3 is 0 Å². The molecule has 4 aromatic rings. The van der Waals surface area contributed by atoms with Gasteiger partial charge in [-0.05, 0) is 36.8 Å². The lowest BCUT2D eigenvalue weighted by molar-refractivity contribution is 0.101. The number of carbonyl (C=O) groups is 1. The van der Waals surface area contributed by atoms with E-state index in [4.69, 9.17) is 27.6 Å². The van der Waals surface area contributed by atoms with Crippen LogP contribution in [0.5, 0.6) is 0 Å². The average Bonchev–Trinajstić information content (AvgIpc) is 3.17. The number of nitrogens with one attached hydrogen (secondary N) is 1. The second kappa shape index (κ2) is 8.07. The fourth-order valence-corrected chi connectivity index (χ4v) is 3.48. The minimum atomic E-state index is -2.36. The van der Waals surface area contributed by atoms with E-state index in [0.717, 1.165) is 0 Å². The molecule has 4 rings (SSSR count). The van der Waals surface area contributed by atoms with Gasteiger partial charge in [0.05, 0.1) is 5.02 Å². The van der Waals surface area contributed by atoms with Crippen LogP contribution in [0.4, 0.5) is 27.6 Å². The van der Waals surface area contributed by atoms with Gasteiger partial charge in [-0.1, -0.05) is 29.3 Å². The molecule has 0 aliphatic rings. The van der Waals surface area contributed by atoms with Crippen molar-refractivity contribution in [2.24, 2.45) is 0 Å². The van der Waals surface area contributed by atoms with Crippen LogP contribution < -0.4 is 5.32 Å². The molecular formula is C21H9Cl2F5N2O2. The highest BCUT2D eigenvalue weighted by Gasteiger charge is 2.30. The van der Waals surface area contributed by atoms with Crippen LogP contribution in [0.1, 0.15) is 15.9 Å². The van der Waals surface area contributed by atoms with Crippen molar-refractivity contribution >= 4 is 45.9 Å². The summed E-state index contributed by atoms with van der Waals surface area (Å²) >= 11 is 12.0. The maximum Gasteiger partial charge on any atom is 0.261 e. The number of hydrogen-bond donors (Lipinski definition) is 1. The Hall–Kier alpha value is -3.17. The zero-order valence-electron chi connectivity index (χ0n) is 15.8. The average molecular weight is 487 g/mol. The standard InChI is InChI=1S/C21H9Cl2F5N2O2/c1-7-2-3-8(21-30-12-6-9(22)5-10(23)19(12)32-21)4-11(7)29-20(31)13-14(24)16(26)18(28)17(27)15(13)25/h2-6H,1H3,(H,29,31). The number of hydrogen-bond acceptors (Lipinski definition) is 3. The Labute approximate surface area is 186 Å². The second-order valence-electron chi connectivity index (χ2n) is 6.68. The van der Waals surface area contributed by atoms with E-state index in [1.807, 2.05) is 0 Å². The number of anilines is 1. The molecule has 0 saturated carbocycles. The third-order valence-corrected chi connectivity index (χ3v) is 5.08. The number of aromatic nitrogens is 1. The van der Waals surface area contributed by atoms with Crippen LogP contribution in [0.2, 0.25) is 10.0 Å². The summed E-state index contributed by atoms with van der Waals surface area (Å²) in [5.74, 6) is -12.7. The summed E-state index contributed by atoms with van der Waals surface area (Å²) in [4.78, 5) is 16.6. The zero-order chi connectivity index (χ0) is 23.3. The molecule has 0 radical (unpaired) electrons. The summed E-state index contributed by atoms with van der Waals surface area (Å²) in [7, 11) is 0. The van der Waals surface area contributed by atoms with E-state index in [9.17, 15) is 26.7 Å². The normalized spacial score (nSPS) is 11.2. The summed E-state index contributed by atoms with van der Waals surface area (Å²) in [5, 5.41) is 2.71. The molecule has 0 spiro atoms. The Morgan fingerprint density at radius 1 is 0.938 bits per heavy atom. The summed E-state index contributed by atoms with van der Waals surface area (Å²) in [5.41, 5.74) is -0.170. The van der Waals surface area contributed by atoms with Crippen LogP contribution in [-0.2, 0) is 0 Å². The molecule has 11 heteroatoms. The lowest BCUT2D eigenvalue weighted by Crippen LogP contribution is -2.19. The van der Waals surface area contributed by atoms with Gasteiger partial charge < -0.3 is 9.73 Å². The van der Waals surface area contributed by atoms with Crippen LogP contribution >= 0.6 is 23.2 Å². The number of aryl methyl sites for hydroxylation is 1. The van der Waals surface area contributed by atoms with Crippen LogP contribution in [0.3, 0.4) is 0 Å². The van der Waals surface area contributed by atoms with Crippen molar-refractivity contribution in [3.63, 3.8) is 0 Å². The number of nitrogens with zero attached hydrogens (tertiary/aromatic N) is 1. The van der Waals surface area contributed by atoms with Gasteiger partial charge in [-0.3, -0.25) is 4.79 Å². The van der Waals surface area contributed by atoms with E-state index in [2.05, 4.69) is 10.3 Å². The molecule has 0 bridgehead atoms. The van der Waals surface area contributed by atoms with E-state index in [-0.39, 0.29) is 22.2 Å². The van der Waals surface area contributed by atoms with Crippen LogP contribution in [0, 0.1) is 36.0 Å². The molecule has 1 aromatic heterocycles. The lowest BCUT2D eigenvalue weighted by atomic mass is 10.1. The Morgan fingerprint density at radius 2 is 1.56 bits per heavy atom. The SMILES string of the molecule is Cc1ccc(-c2nc3cc(Cl)cc(Cl)c3o2)cc1NC(=O)c1c(F)c(F)c(F)c(F)c1F. The van der Waals surface area contributed by atoms with E-state index < -0.39 is 40.6 Å². The van der Waals surface area contributed by atoms with Crippen molar-refractivity contribution in [1.82, 2.24) is 4.98 Å². The molecule has 32 heavy (non-hydrogen) atoms. The number of rotatable bonds is 3. The molecular weight excluding hydrogens is 478 g/mol. The predicted octanol–water partition coefficient (Wildman–Crippen LogP) is 7.06. The monoisotopic (exact) mass is 486 g/mol. The van der Waals surface area contributed by atoms with Gasteiger partial charge in [0, 0.05) is 16.3 Å². The molecule has 0 saturated heterocycles. The van der Waals surface area contributed by atoms with Crippen LogP contribution in [-0.4, -0.2) is 10.9 Å². The first-order chi connectivity index (χ1) is 15.1. The summed E-state index contributed by atoms with van der Waals surface area (Å²) in [6.45, 7) is 1.56. The quantitative estimate of drug-likeness (QED) is 0.191. The van der Waals surface area contributed by atoms with Crippen molar-refractivity contribution < 1.29 is 31.2 Å². The van der Waals surface area contributed by atoms with Crippen molar-refractivity contribution in [2.75, 3.05) is 5.32 Å². The number of carbonyl (C=O) groups excluding carboxylic acids is 1. The van der Waals surface area contributed by atoms with Gasteiger partial charge in [-0.2, -0.15) is 0 Å². The van der Waals surface area contributed by atoms with Gasteiger partial charge in [0.1, 0.15) is 11.1 Å². The highest BCUT2D eigenvalue weighted by molar-refractivity contribution is 6.38. The number of amides is 1. The number of halogens is 7. The van der Waals surface area contributed by atoms with Gasteiger partial charge in [0.2, 0.25) is 11.7 Å². The van der Waals surface area contributed by atoms with Crippen molar-refractivity contribution in [1.29, 1.82) is 0 Å². The topological polar surface area (TPSA) is 55.1 Å².